The van der Waals surface area contributed by atoms with E-state index in [0.717, 1.165) is 44.9 Å². The third-order valence-corrected chi connectivity index (χ3v) is 6.98. The highest BCUT2D eigenvalue weighted by Crippen LogP contribution is 2.14. The molecule has 0 N–H and O–H groups in total. The van der Waals surface area contributed by atoms with E-state index in [0.29, 0.717) is 19.4 Å². The molecule has 0 unspecified atom stereocenters. The van der Waals surface area contributed by atoms with Crippen LogP contribution in [0.2, 0.25) is 0 Å². The molecule has 0 radical (unpaired) electrons. The molecule has 0 rings (SSSR count). The third kappa shape index (κ3) is 27.2. The van der Waals surface area contributed by atoms with Gasteiger partial charge in [-0.1, -0.05) is 120 Å². The highest BCUT2D eigenvalue weighted by molar-refractivity contribution is 5.75. The minimum absolute atomic E-state index is 0.0300. The van der Waals surface area contributed by atoms with E-state index in [1.807, 2.05) is 0 Å². The molecule has 3 heteroatoms. The number of carbonyl (C=O) groups is 2. The Morgan fingerprint density at radius 1 is 0.528 bits per heavy atom. The molecular weight excluding hydrogens is 444 g/mol. The molecule has 0 saturated heterocycles. The van der Waals surface area contributed by atoms with Gasteiger partial charge in [-0.2, -0.15) is 0 Å². The van der Waals surface area contributed by atoms with Gasteiger partial charge >= 0.3 is 5.97 Å². The van der Waals surface area contributed by atoms with Gasteiger partial charge < -0.3 is 9.53 Å². The fourth-order valence-electron chi connectivity index (χ4n) is 4.52. The van der Waals surface area contributed by atoms with Crippen molar-refractivity contribution in [3.8, 4) is 0 Å². The van der Waals surface area contributed by atoms with Gasteiger partial charge in [0.15, 0.2) is 0 Å². The zero-order valence-corrected chi connectivity index (χ0v) is 24.6. The van der Waals surface area contributed by atoms with Gasteiger partial charge in [-0.3, -0.25) is 4.79 Å². The lowest BCUT2D eigenvalue weighted by Crippen LogP contribution is -2.05. The average Bonchev–Trinajstić information content (AvgIpc) is 2.84. The van der Waals surface area contributed by atoms with E-state index in [1.165, 1.54) is 94.6 Å². The number of ether oxygens (including phenoxy) is 1. The van der Waals surface area contributed by atoms with Crippen LogP contribution in [0.3, 0.4) is 0 Å². The summed E-state index contributed by atoms with van der Waals surface area (Å²) in [5, 5.41) is 0. The Morgan fingerprint density at radius 2 is 0.972 bits per heavy atom. The lowest BCUT2D eigenvalue weighted by atomic mass is 10.0. The number of allylic oxidation sites excluding steroid dienone is 4. The fourth-order valence-corrected chi connectivity index (χ4v) is 4.52. The molecule has 0 aliphatic carbocycles. The molecule has 36 heavy (non-hydrogen) atoms. The molecule has 0 saturated carbocycles. The first-order valence-electron chi connectivity index (χ1n) is 15.4. The van der Waals surface area contributed by atoms with Gasteiger partial charge in [0.25, 0.3) is 0 Å². The largest absolute Gasteiger partial charge is 0.466 e. The quantitative estimate of drug-likeness (QED) is 0.0668. The van der Waals surface area contributed by atoms with E-state index in [9.17, 15) is 9.59 Å². The zero-order chi connectivity index (χ0) is 26.7. The second-order valence-corrected chi connectivity index (χ2v) is 10.9. The minimum Gasteiger partial charge on any atom is -0.466 e. The van der Waals surface area contributed by atoms with Crippen molar-refractivity contribution in [2.24, 2.45) is 0 Å². The van der Waals surface area contributed by atoms with Crippen LogP contribution in [0.5, 0.6) is 0 Å². The Kier molecular flexibility index (Phi) is 25.7. The van der Waals surface area contributed by atoms with E-state index >= 15 is 0 Å². The standard InChI is InChI=1S/C33H60O3/c1-5-6-7-8-9-10-11-12-13-14-15-16-17-18-19-28-33(35)36-29-22-26-31(3)24-20-23-30(2)25-21-27-32(4)34/h24-25H,5-23,26-29H2,1-4H3/b30-25+,31-24+. The Bertz CT molecular complexity index is 588. The average molecular weight is 505 g/mol. The van der Waals surface area contributed by atoms with Crippen LogP contribution in [0.4, 0.5) is 0 Å². The molecule has 0 spiro atoms. The van der Waals surface area contributed by atoms with Gasteiger partial charge in [0, 0.05) is 12.8 Å². The molecule has 0 fully saturated rings. The number of ketones is 1. The topological polar surface area (TPSA) is 43.4 Å². The van der Waals surface area contributed by atoms with Crippen LogP contribution >= 0.6 is 0 Å². The SMILES string of the molecule is CCCCCCCCCCCCCCCCCC(=O)OCCC/C(C)=C/CC/C(C)=C/CCC(C)=O. The summed E-state index contributed by atoms with van der Waals surface area (Å²) in [4.78, 5) is 22.9. The first-order valence-corrected chi connectivity index (χ1v) is 15.4. The molecule has 0 aliphatic heterocycles. The van der Waals surface area contributed by atoms with Crippen molar-refractivity contribution in [1.29, 1.82) is 0 Å². The fraction of sp³-hybridized carbons (Fsp3) is 0.818. The molecular formula is C33H60O3. The predicted molar refractivity (Wildman–Crippen MR) is 156 cm³/mol. The lowest BCUT2D eigenvalue weighted by Gasteiger charge is -2.06. The molecule has 210 valence electrons. The Balaban J connectivity index is 3.46. The van der Waals surface area contributed by atoms with Crippen LogP contribution in [0.25, 0.3) is 0 Å². The number of hydrogen-bond donors (Lipinski definition) is 0. The maximum Gasteiger partial charge on any atom is 0.305 e. The summed E-state index contributed by atoms with van der Waals surface area (Å²) in [7, 11) is 0. The van der Waals surface area contributed by atoms with Gasteiger partial charge in [0.1, 0.15) is 5.78 Å². The van der Waals surface area contributed by atoms with Crippen LogP contribution in [0.15, 0.2) is 23.3 Å². The van der Waals surface area contributed by atoms with Crippen molar-refractivity contribution < 1.29 is 14.3 Å². The molecule has 0 aromatic carbocycles. The van der Waals surface area contributed by atoms with Crippen molar-refractivity contribution in [3.63, 3.8) is 0 Å². The second kappa shape index (κ2) is 26.7. The van der Waals surface area contributed by atoms with Crippen molar-refractivity contribution in [2.45, 2.75) is 169 Å². The zero-order valence-electron chi connectivity index (χ0n) is 24.6. The number of unbranched alkanes of at least 4 members (excludes halogenated alkanes) is 14. The van der Waals surface area contributed by atoms with Gasteiger partial charge in [-0.05, 0) is 59.3 Å². The number of carbonyl (C=O) groups excluding carboxylic acids is 2. The number of rotatable bonds is 26. The molecule has 0 bridgehead atoms. The Hall–Kier alpha value is -1.38. The molecule has 0 atom stereocenters. The van der Waals surface area contributed by atoms with Crippen LogP contribution < -0.4 is 0 Å². The summed E-state index contributed by atoms with van der Waals surface area (Å²) in [6.07, 6.45) is 30.6. The predicted octanol–water partition coefficient (Wildman–Crippen LogP) is 10.6. The molecule has 0 heterocycles. The van der Waals surface area contributed by atoms with Crippen LogP contribution in [0.1, 0.15) is 169 Å². The van der Waals surface area contributed by atoms with E-state index in [2.05, 4.69) is 32.9 Å². The summed E-state index contributed by atoms with van der Waals surface area (Å²) in [6, 6.07) is 0. The van der Waals surface area contributed by atoms with Crippen molar-refractivity contribution in [2.75, 3.05) is 6.61 Å². The first-order chi connectivity index (χ1) is 17.5. The summed E-state index contributed by atoms with van der Waals surface area (Å²) in [5.41, 5.74) is 2.72. The molecule has 3 nitrogen and oxygen atoms in total. The Morgan fingerprint density at radius 3 is 1.47 bits per heavy atom. The van der Waals surface area contributed by atoms with E-state index in [-0.39, 0.29) is 11.8 Å². The van der Waals surface area contributed by atoms with E-state index in [4.69, 9.17) is 4.74 Å². The van der Waals surface area contributed by atoms with Gasteiger partial charge in [-0.25, -0.2) is 0 Å². The van der Waals surface area contributed by atoms with E-state index in [1.54, 1.807) is 6.92 Å². The van der Waals surface area contributed by atoms with Crippen LogP contribution in [-0.2, 0) is 14.3 Å². The maximum atomic E-state index is 11.9. The summed E-state index contributed by atoms with van der Waals surface area (Å²) < 4.78 is 5.42. The summed E-state index contributed by atoms with van der Waals surface area (Å²) in [5.74, 6) is 0.225. The van der Waals surface area contributed by atoms with Crippen molar-refractivity contribution in [1.82, 2.24) is 0 Å². The van der Waals surface area contributed by atoms with Gasteiger partial charge in [0.05, 0.1) is 6.61 Å². The lowest BCUT2D eigenvalue weighted by molar-refractivity contribution is -0.143. The molecule has 0 aromatic heterocycles. The van der Waals surface area contributed by atoms with Crippen molar-refractivity contribution >= 4 is 11.8 Å². The monoisotopic (exact) mass is 504 g/mol. The second-order valence-electron chi connectivity index (χ2n) is 10.9. The molecule has 0 amide bonds. The highest BCUT2D eigenvalue weighted by Gasteiger charge is 2.03. The smallest absolute Gasteiger partial charge is 0.305 e. The van der Waals surface area contributed by atoms with Crippen LogP contribution in [-0.4, -0.2) is 18.4 Å². The molecule has 0 aliphatic rings. The van der Waals surface area contributed by atoms with Crippen LogP contribution in [0, 0.1) is 0 Å². The normalized spacial score (nSPS) is 12.2. The maximum absolute atomic E-state index is 11.9. The molecule has 0 aromatic rings. The Labute approximate surface area is 224 Å². The summed E-state index contributed by atoms with van der Waals surface area (Å²) >= 11 is 0. The number of esters is 1. The van der Waals surface area contributed by atoms with Gasteiger partial charge in [0.2, 0.25) is 0 Å². The first kappa shape index (κ1) is 34.6. The number of hydrogen-bond acceptors (Lipinski definition) is 3. The summed E-state index contributed by atoms with van der Waals surface area (Å²) in [6.45, 7) is 8.76. The minimum atomic E-state index is -0.0300. The number of Topliss-reactive ketones (excluding diaryl/α,β-unsaturated/α-hetero) is 1. The van der Waals surface area contributed by atoms with E-state index < -0.39 is 0 Å². The van der Waals surface area contributed by atoms with Crippen molar-refractivity contribution in [3.05, 3.63) is 23.3 Å². The highest BCUT2D eigenvalue weighted by atomic mass is 16.5. The third-order valence-electron chi connectivity index (χ3n) is 6.98. The van der Waals surface area contributed by atoms with Gasteiger partial charge in [-0.15, -0.1) is 0 Å².